The lowest BCUT2D eigenvalue weighted by Crippen LogP contribution is -2.42. The molecule has 112 valence electrons. The van der Waals surface area contributed by atoms with Gasteiger partial charge < -0.3 is 9.88 Å². The maximum absolute atomic E-state index is 4.59. The number of hydrogen-bond acceptors (Lipinski definition) is 3. The Morgan fingerprint density at radius 1 is 1.25 bits per heavy atom. The largest absolute Gasteiger partial charge is 0.317 e. The summed E-state index contributed by atoms with van der Waals surface area (Å²) in [5, 5.41) is 12.4. The lowest BCUT2D eigenvalue weighted by molar-refractivity contribution is 0.244. The summed E-state index contributed by atoms with van der Waals surface area (Å²) in [5.41, 5.74) is 0.272. The third-order valence-corrected chi connectivity index (χ3v) is 5.30. The van der Waals surface area contributed by atoms with Crippen LogP contribution in [0.4, 0.5) is 0 Å². The molecule has 1 aliphatic heterocycles. The van der Waals surface area contributed by atoms with Crippen LogP contribution in [0.25, 0.3) is 0 Å². The number of rotatable bonds is 4. The Hall–Kier alpha value is -0.900. The van der Waals surface area contributed by atoms with Gasteiger partial charge in [0.1, 0.15) is 12.2 Å². The first-order valence-corrected chi connectivity index (χ1v) is 8.46. The van der Waals surface area contributed by atoms with Crippen LogP contribution in [0.5, 0.6) is 0 Å². The van der Waals surface area contributed by atoms with Gasteiger partial charge in [0.15, 0.2) is 0 Å². The summed E-state index contributed by atoms with van der Waals surface area (Å²) in [6.45, 7) is 4.54. The minimum absolute atomic E-state index is 0.272. The third-order valence-electron chi connectivity index (χ3n) is 5.30. The zero-order valence-corrected chi connectivity index (χ0v) is 12.8. The molecule has 0 spiro atoms. The molecule has 0 bridgehead atoms. The average Bonchev–Trinajstić information content (AvgIpc) is 2.99. The van der Waals surface area contributed by atoms with Gasteiger partial charge in [0, 0.05) is 11.5 Å². The van der Waals surface area contributed by atoms with Gasteiger partial charge in [-0.3, -0.25) is 0 Å². The number of aromatic nitrogens is 3. The van der Waals surface area contributed by atoms with Crippen LogP contribution in [0.15, 0.2) is 6.33 Å². The average molecular weight is 276 g/mol. The Kier molecular flexibility index (Phi) is 4.39. The monoisotopic (exact) mass is 276 g/mol. The van der Waals surface area contributed by atoms with Gasteiger partial charge in [-0.2, -0.15) is 0 Å². The van der Waals surface area contributed by atoms with Gasteiger partial charge in [0.05, 0.1) is 0 Å². The Balaban J connectivity index is 1.89. The van der Waals surface area contributed by atoms with Crippen molar-refractivity contribution in [1.82, 2.24) is 20.1 Å². The summed E-state index contributed by atoms with van der Waals surface area (Å²) in [4.78, 5) is 0. The third kappa shape index (κ3) is 2.62. The predicted octanol–water partition coefficient (Wildman–Crippen LogP) is 3.20. The SMILES string of the molecule is CCCC1(c2nncn2C2CCCCC2)CCNCC1. The van der Waals surface area contributed by atoms with E-state index < -0.39 is 0 Å². The van der Waals surface area contributed by atoms with E-state index in [1.165, 1.54) is 63.6 Å². The molecule has 4 heteroatoms. The second-order valence-corrected chi connectivity index (χ2v) is 6.63. The van der Waals surface area contributed by atoms with Gasteiger partial charge in [-0.1, -0.05) is 32.6 Å². The van der Waals surface area contributed by atoms with E-state index in [4.69, 9.17) is 0 Å². The zero-order chi connectivity index (χ0) is 13.8. The van der Waals surface area contributed by atoms with Crippen molar-refractivity contribution in [3.05, 3.63) is 12.2 Å². The van der Waals surface area contributed by atoms with E-state index in [1.54, 1.807) is 0 Å². The van der Waals surface area contributed by atoms with Crippen LogP contribution in [-0.4, -0.2) is 27.9 Å². The lowest BCUT2D eigenvalue weighted by atomic mass is 9.74. The van der Waals surface area contributed by atoms with Crippen LogP contribution in [0, 0.1) is 0 Å². The van der Waals surface area contributed by atoms with Gasteiger partial charge in [-0.15, -0.1) is 10.2 Å². The molecular weight excluding hydrogens is 248 g/mol. The van der Waals surface area contributed by atoms with Crippen molar-refractivity contribution in [1.29, 1.82) is 0 Å². The van der Waals surface area contributed by atoms with Gasteiger partial charge in [-0.05, 0) is 45.2 Å². The van der Waals surface area contributed by atoms with Crippen LogP contribution < -0.4 is 5.32 Å². The van der Waals surface area contributed by atoms with E-state index in [-0.39, 0.29) is 5.41 Å². The molecule has 3 rings (SSSR count). The molecule has 0 amide bonds. The van der Waals surface area contributed by atoms with Crippen molar-refractivity contribution < 1.29 is 0 Å². The van der Waals surface area contributed by atoms with Crippen molar-refractivity contribution in [2.24, 2.45) is 0 Å². The highest BCUT2D eigenvalue weighted by molar-refractivity contribution is 5.11. The van der Waals surface area contributed by atoms with Gasteiger partial charge in [-0.25, -0.2) is 0 Å². The van der Waals surface area contributed by atoms with Crippen molar-refractivity contribution in [3.8, 4) is 0 Å². The quantitative estimate of drug-likeness (QED) is 0.918. The first-order valence-electron chi connectivity index (χ1n) is 8.46. The molecule has 0 atom stereocenters. The number of nitrogens with one attached hydrogen (secondary N) is 1. The topological polar surface area (TPSA) is 42.7 Å². The summed E-state index contributed by atoms with van der Waals surface area (Å²) >= 11 is 0. The molecule has 1 saturated carbocycles. The van der Waals surface area contributed by atoms with Crippen molar-refractivity contribution in [2.45, 2.75) is 76.2 Å². The lowest BCUT2D eigenvalue weighted by Gasteiger charge is -2.38. The maximum Gasteiger partial charge on any atom is 0.139 e. The fourth-order valence-corrected chi connectivity index (χ4v) is 4.22. The molecule has 0 unspecified atom stereocenters. The summed E-state index contributed by atoms with van der Waals surface area (Å²) < 4.78 is 2.44. The Bertz CT molecular complexity index is 408. The second-order valence-electron chi connectivity index (χ2n) is 6.63. The molecule has 20 heavy (non-hydrogen) atoms. The number of nitrogens with zero attached hydrogens (tertiary/aromatic N) is 3. The van der Waals surface area contributed by atoms with Crippen LogP contribution in [-0.2, 0) is 5.41 Å². The van der Waals surface area contributed by atoms with Crippen LogP contribution in [0.3, 0.4) is 0 Å². The molecule has 1 aliphatic carbocycles. The highest BCUT2D eigenvalue weighted by atomic mass is 15.3. The summed E-state index contributed by atoms with van der Waals surface area (Å²) in [6.07, 6.45) is 13.7. The normalized spacial score (nSPS) is 23.9. The predicted molar refractivity (Wildman–Crippen MR) is 80.8 cm³/mol. The second kappa shape index (κ2) is 6.25. The molecule has 1 saturated heterocycles. The molecule has 1 aromatic heterocycles. The number of hydrogen-bond donors (Lipinski definition) is 1. The van der Waals surface area contributed by atoms with Gasteiger partial charge >= 0.3 is 0 Å². The molecule has 2 fully saturated rings. The maximum atomic E-state index is 4.59. The van der Waals surface area contributed by atoms with Crippen molar-refractivity contribution >= 4 is 0 Å². The smallest absolute Gasteiger partial charge is 0.139 e. The van der Waals surface area contributed by atoms with Gasteiger partial charge in [0.2, 0.25) is 0 Å². The zero-order valence-electron chi connectivity index (χ0n) is 12.8. The Morgan fingerprint density at radius 2 is 2.00 bits per heavy atom. The highest BCUT2D eigenvalue weighted by Crippen LogP contribution is 2.39. The number of piperidine rings is 1. The minimum atomic E-state index is 0.272. The Morgan fingerprint density at radius 3 is 2.70 bits per heavy atom. The van der Waals surface area contributed by atoms with Crippen LogP contribution in [0.2, 0.25) is 0 Å². The Labute approximate surface area is 122 Å². The van der Waals surface area contributed by atoms with E-state index in [1.807, 2.05) is 6.33 Å². The van der Waals surface area contributed by atoms with E-state index in [9.17, 15) is 0 Å². The van der Waals surface area contributed by atoms with E-state index >= 15 is 0 Å². The summed E-state index contributed by atoms with van der Waals surface area (Å²) in [5.74, 6) is 1.28. The van der Waals surface area contributed by atoms with Crippen LogP contribution >= 0.6 is 0 Å². The summed E-state index contributed by atoms with van der Waals surface area (Å²) in [7, 11) is 0. The first kappa shape index (κ1) is 14.1. The van der Waals surface area contributed by atoms with Crippen molar-refractivity contribution in [3.63, 3.8) is 0 Å². The summed E-state index contributed by atoms with van der Waals surface area (Å²) in [6, 6.07) is 0.650. The van der Waals surface area contributed by atoms with Crippen LogP contribution in [0.1, 0.15) is 76.6 Å². The fraction of sp³-hybridized carbons (Fsp3) is 0.875. The molecule has 2 heterocycles. The fourth-order valence-electron chi connectivity index (χ4n) is 4.22. The molecule has 0 radical (unpaired) electrons. The standard InChI is InChI=1S/C16H28N4/c1-2-8-16(9-11-17-12-10-16)15-19-18-13-20(15)14-6-4-3-5-7-14/h13-14,17H,2-12H2,1H3. The molecule has 4 nitrogen and oxygen atoms in total. The van der Waals surface area contributed by atoms with Gasteiger partial charge in [0.25, 0.3) is 0 Å². The van der Waals surface area contributed by atoms with Crippen molar-refractivity contribution in [2.75, 3.05) is 13.1 Å². The molecule has 1 N–H and O–H groups in total. The van der Waals surface area contributed by atoms with E-state index in [0.29, 0.717) is 6.04 Å². The molecular formula is C16H28N4. The van der Waals surface area contributed by atoms with E-state index in [2.05, 4.69) is 27.0 Å². The van der Waals surface area contributed by atoms with E-state index in [0.717, 1.165) is 13.1 Å². The first-order chi connectivity index (χ1) is 9.86. The molecule has 1 aromatic rings. The highest BCUT2D eigenvalue weighted by Gasteiger charge is 2.38. The minimum Gasteiger partial charge on any atom is -0.317 e. The molecule has 0 aromatic carbocycles. The molecule has 2 aliphatic rings.